The zero-order chi connectivity index (χ0) is 16.8. The molecular weight excluding hydrogens is 314 g/mol. The van der Waals surface area contributed by atoms with E-state index in [9.17, 15) is 4.79 Å². The average molecular weight is 341 g/mol. The standard InChI is InChI=1S/C21H25NO2.H2O/c23-16-19-6-8-20(9-7-19)21(24)14-17-10-12-22(13-11-17)15-18-4-2-1-3-5-18;/h1-9,17,23H,10-16H2;1H2. The van der Waals surface area contributed by atoms with E-state index >= 15 is 0 Å². The second-order valence-electron chi connectivity index (χ2n) is 6.69. The summed E-state index contributed by atoms with van der Waals surface area (Å²) in [7, 11) is 0. The van der Waals surface area contributed by atoms with Crippen molar-refractivity contribution in [1.29, 1.82) is 0 Å². The van der Waals surface area contributed by atoms with Crippen LogP contribution in [0.25, 0.3) is 0 Å². The average Bonchev–Trinajstić information content (AvgIpc) is 2.64. The molecular formula is C21H27NO3. The van der Waals surface area contributed by atoms with Crippen molar-refractivity contribution in [1.82, 2.24) is 4.90 Å². The number of piperidine rings is 1. The predicted molar refractivity (Wildman–Crippen MR) is 99.4 cm³/mol. The minimum atomic E-state index is 0. The summed E-state index contributed by atoms with van der Waals surface area (Å²) < 4.78 is 0. The van der Waals surface area contributed by atoms with Crippen LogP contribution in [0.1, 0.15) is 40.7 Å². The Morgan fingerprint density at radius 1 is 0.960 bits per heavy atom. The highest BCUT2D eigenvalue weighted by Crippen LogP contribution is 2.23. The molecule has 0 atom stereocenters. The van der Waals surface area contributed by atoms with Crippen molar-refractivity contribution in [3.8, 4) is 0 Å². The first-order valence-corrected chi connectivity index (χ1v) is 8.74. The lowest BCUT2D eigenvalue weighted by molar-refractivity contribution is 0.0925. The molecule has 1 saturated heterocycles. The smallest absolute Gasteiger partial charge is 0.163 e. The lowest BCUT2D eigenvalue weighted by Gasteiger charge is -2.31. The van der Waals surface area contributed by atoms with Gasteiger partial charge in [-0.1, -0.05) is 54.6 Å². The highest BCUT2D eigenvalue weighted by atomic mass is 16.3. The van der Waals surface area contributed by atoms with E-state index in [1.54, 1.807) is 0 Å². The van der Waals surface area contributed by atoms with E-state index in [-0.39, 0.29) is 17.9 Å². The van der Waals surface area contributed by atoms with Gasteiger partial charge in [0, 0.05) is 18.5 Å². The summed E-state index contributed by atoms with van der Waals surface area (Å²) in [5.41, 5.74) is 2.97. The molecule has 0 spiro atoms. The molecule has 0 saturated carbocycles. The van der Waals surface area contributed by atoms with Crippen LogP contribution in [0.15, 0.2) is 54.6 Å². The number of nitrogens with zero attached hydrogens (tertiary/aromatic N) is 1. The maximum atomic E-state index is 12.4. The maximum absolute atomic E-state index is 12.4. The number of benzene rings is 2. The second kappa shape index (κ2) is 9.47. The van der Waals surface area contributed by atoms with Gasteiger partial charge in [-0.3, -0.25) is 9.69 Å². The fraction of sp³-hybridized carbons (Fsp3) is 0.381. The van der Waals surface area contributed by atoms with Gasteiger partial charge in [-0.2, -0.15) is 0 Å². The van der Waals surface area contributed by atoms with Gasteiger partial charge in [0.1, 0.15) is 0 Å². The van der Waals surface area contributed by atoms with Crippen LogP contribution in [0.4, 0.5) is 0 Å². The Labute approximate surface area is 149 Å². The number of aliphatic hydroxyl groups excluding tert-OH is 1. The first-order valence-electron chi connectivity index (χ1n) is 8.74. The highest BCUT2D eigenvalue weighted by Gasteiger charge is 2.22. The monoisotopic (exact) mass is 341 g/mol. The summed E-state index contributed by atoms with van der Waals surface area (Å²) in [6, 6.07) is 17.9. The van der Waals surface area contributed by atoms with Crippen molar-refractivity contribution in [2.45, 2.75) is 32.4 Å². The van der Waals surface area contributed by atoms with Gasteiger partial charge in [-0.05, 0) is 43.0 Å². The lowest BCUT2D eigenvalue weighted by atomic mass is 9.89. The third-order valence-electron chi connectivity index (χ3n) is 4.89. The molecule has 3 rings (SSSR count). The van der Waals surface area contributed by atoms with Crippen LogP contribution in [0, 0.1) is 5.92 Å². The van der Waals surface area contributed by atoms with E-state index in [4.69, 9.17) is 5.11 Å². The zero-order valence-electron chi connectivity index (χ0n) is 14.5. The van der Waals surface area contributed by atoms with Gasteiger partial charge in [-0.25, -0.2) is 0 Å². The Morgan fingerprint density at radius 3 is 2.20 bits per heavy atom. The lowest BCUT2D eigenvalue weighted by Crippen LogP contribution is -2.33. The molecule has 0 amide bonds. The van der Waals surface area contributed by atoms with Gasteiger partial charge in [0.15, 0.2) is 5.78 Å². The highest BCUT2D eigenvalue weighted by molar-refractivity contribution is 5.96. The first kappa shape index (κ1) is 19.3. The fourth-order valence-corrected chi connectivity index (χ4v) is 3.37. The molecule has 0 bridgehead atoms. The molecule has 134 valence electrons. The van der Waals surface area contributed by atoms with Crippen LogP contribution in [0.2, 0.25) is 0 Å². The van der Waals surface area contributed by atoms with E-state index in [1.807, 2.05) is 24.3 Å². The van der Waals surface area contributed by atoms with E-state index in [1.165, 1.54) is 5.56 Å². The molecule has 1 aliphatic rings. The number of hydrogen-bond donors (Lipinski definition) is 1. The molecule has 25 heavy (non-hydrogen) atoms. The Balaban J connectivity index is 0.00000225. The molecule has 3 N–H and O–H groups in total. The number of carbonyl (C=O) groups is 1. The normalized spacial score (nSPS) is 15.6. The topological polar surface area (TPSA) is 72.0 Å². The number of hydrogen-bond acceptors (Lipinski definition) is 3. The van der Waals surface area contributed by atoms with Crippen molar-refractivity contribution in [2.75, 3.05) is 13.1 Å². The summed E-state index contributed by atoms with van der Waals surface area (Å²) >= 11 is 0. The minimum Gasteiger partial charge on any atom is -0.412 e. The third kappa shape index (κ3) is 5.49. The van der Waals surface area contributed by atoms with E-state index in [0.717, 1.165) is 43.6 Å². The summed E-state index contributed by atoms with van der Waals surface area (Å²) in [4.78, 5) is 14.9. The van der Waals surface area contributed by atoms with Gasteiger partial charge in [0.25, 0.3) is 0 Å². The number of Topliss-reactive ketones (excluding diaryl/α,β-unsaturated/α-hetero) is 1. The first-order chi connectivity index (χ1) is 11.7. The van der Waals surface area contributed by atoms with E-state index in [2.05, 4.69) is 35.2 Å². The molecule has 0 radical (unpaired) electrons. The Kier molecular flexibility index (Phi) is 7.31. The molecule has 4 nitrogen and oxygen atoms in total. The van der Waals surface area contributed by atoms with Crippen LogP contribution in [0.3, 0.4) is 0 Å². The van der Waals surface area contributed by atoms with Crippen molar-refractivity contribution >= 4 is 5.78 Å². The number of aliphatic hydroxyl groups is 1. The summed E-state index contributed by atoms with van der Waals surface area (Å²) in [5.74, 6) is 0.711. The largest absolute Gasteiger partial charge is 0.412 e. The van der Waals surface area contributed by atoms with E-state index < -0.39 is 0 Å². The maximum Gasteiger partial charge on any atom is 0.163 e. The van der Waals surface area contributed by atoms with Gasteiger partial charge in [-0.15, -0.1) is 0 Å². The molecule has 4 heteroatoms. The van der Waals surface area contributed by atoms with E-state index in [0.29, 0.717) is 12.3 Å². The van der Waals surface area contributed by atoms with Gasteiger partial charge in [0.05, 0.1) is 6.61 Å². The molecule has 2 aromatic carbocycles. The summed E-state index contributed by atoms with van der Waals surface area (Å²) in [5, 5.41) is 9.07. The summed E-state index contributed by atoms with van der Waals surface area (Å²) in [6.45, 7) is 3.16. The zero-order valence-corrected chi connectivity index (χ0v) is 14.5. The van der Waals surface area contributed by atoms with Gasteiger partial charge >= 0.3 is 0 Å². The molecule has 0 aromatic heterocycles. The number of likely N-dealkylation sites (tertiary alicyclic amines) is 1. The molecule has 1 fully saturated rings. The SMILES string of the molecule is O.O=C(CC1CCN(Cc2ccccc2)CC1)c1ccc(CO)cc1. The molecule has 1 heterocycles. The van der Waals surface area contributed by atoms with Crippen LogP contribution >= 0.6 is 0 Å². The molecule has 1 aliphatic heterocycles. The Bertz CT molecular complexity index is 647. The minimum absolute atomic E-state index is 0. The Morgan fingerprint density at radius 2 is 1.60 bits per heavy atom. The van der Waals surface area contributed by atoms with Gasteiger partial charge < -0.3 is 10.6 Å². The number of rotatable bonds is 6. The quantitative estimate of drug-likeness (QED) is 0.821. The fourth-order valence-electron chi connectivity index (χ4n) is 3.37. The summed E-state index contributed by atoms with van der Waals surface area (Å²) in [6.07, 6.45) is 2.82. The van der Waals surface area contributed by atoms with Crippen molar-refractivity contribution in [2.24, 2.45) is 5.92 Å². The van der Waals surface area contributed by atoms with Gasteiger partial charge in [0.2, 0.25) is 0 Å². The van der Waals surface area contributed by atoms with Crippen molar-refractivity contribution < 1.29 is 15.4 Å². The van der Waals surface area contributed by atoms with Crippen LogP contribution in [0.5, 0.6) is 0 Å². The van der Waals surface area contributed by atoms with Crippen LogP contribution in [-0.4, -0.2) is 34.4 Å². The predicted octanol–water partition coefficient (Wildman–Crippen LogP) is 2.84. The van der Waals surface area contributed by atoms with Crippen LogP contribution < -0.4 is 0 Å². The molecule has 0 unspecified atom stereocenters. The molecule has 2 aromatic rings. The second-order valence-corrected chi connectivity index (χ2v) is 6.69. The van der Waals surface area contributed by atoms with Crippen molar-refractivity contribution in [3.63, 3.8) is 0 Å². The van der Waals surface area contributed by atoms with Crippen LogP contribution in [-0.2, 0) is 13.2 Å². The van der Waals surface area contributed by atoms with Crippen molar-refractivity contribution in [3.05, 3.63) is 71.3 Å². The third-order valence-corrected chi connectivity index (χ3v) is 4.89. The Hall–Kier alpha value is -2.01. The number of ketones is 1. The number of carbonyl (C=O) groups excluding carboxylic acids is 1. The molecule has 0 aliphatic carbocycles.